The Hall–Kier alpha value is -2.83. The third-order valence-electron chi connectivity index (χ3n) is 5.26. The molecule has 7 heteroatoms. The average molecular weight is 386 g/mol. The summed E-state index contributed by atoms with van der Waals surface area (Å²) in [6.07, 6.45) is -0.259. The molecule has 0 aliphatic carbocycles. The zero-order chi connectivity index (χ0) is 20.8. The zero-order valence-electron chi connectivity index (χ0n) is 17.0. The fourth-order valence-corrected chi connectivity index (χ4v) is 3.81. The van der Waals surface area contributed by atoms with E-state index in [1.807, 2.05) is 27.7 Å². The summed E-state index contributed by atoms with van der Waals surface area (Å²) in [5.41, 5.74) is 0.0605. The highest BCUT2D eigenvalue weighted by Gasteiger charge is 2.48. The van der Waals surface area contributed by atoms with E-state index in [2.05, 4.69) is 5.32 Å². The summed E-state index contributed by atoms with van der Waals surface area (Å²) in [6, 6.07) is 6.29. The Bertz CT molecular complexity index is 951. The number of aromatic nitrogens is 1. The van der Waals surface area contributed by atoms with Crippen LogP contribution in [0.5, 0.6) is 0 Å². The molecule has 0 spiro atoms. The van der Waals surface area contributed by atoms with Crippen molar-refractivity contribution in [3.8, 4) is 0 Å². The fraction of sp³-hybridized carbons (Fsp3) is 0.476. The topological polar surface area (TPSA) is 86.6 Å². The van der Waals surface area contributed by atoms with Crippen molar-refractivity contribution in [1.29, 1.82) is 0 Å². The van der Waals surface area contributed by atoms with Gasteiger partial charge in [-0.3, -0.25) is 4.57 Å². The molecule has 0 fully saturated rings. The minimum Gasteiger partial charge on any atom is -0.465 e. The van der Waals surface area contributed by atoms with Crippen molar-refractivity contribution in [2.75, 3.05) is 7.11 Å². The molecule has 150 valence electrons. The first-order chi connectivity index (χ1) is 13.1. The van der Waals surface area contributed by atoms with Gasteiger partial charge in [0.1, 0.15) is 6.10 Å². The van der Waals surface area contributed by atoms with E-state index in [1.165, 1.54) is 11.7 Å². The molecule has 28 heavy (non-hydrogen) atoms. The quantitative estimate of drug-likeness (QED) is 0.796. The van der Waals surface area contributed by atoms with E-state index in [0.29, 0.717) is 16.8 Å². The predicted molar refractivity (Wildman–Crippen MR) is 104 cm³/mol. The fourth-order valence-electron chi connectivity index (χ4n) is 3.81. The highest BCUT2D eigenvalue weighted by molar-refractivity contribution is 6.03. The normalized spacial score (nSPS) is 18.7. The lowest BCUT2D eigenvalue weighted by atomic mass is 9.94. The maximum Gasteiger partial charge on any atom is 0.338 e. The lowest BCUT2D eigenvalue weighted by molar-refractivity contribution is -0.161. The van der Waals surface area contributed by atoms with Gasteiger partial charge in [-0.15, -0.1) is 0 Å². The number of ether oxygens (including phenoxy) is 2. The van der Waals surface area contributed by atoms with Crippen LogP contribution in [0.2, 0.25) is 0 Å². The van der Waals surface area contributed by atoms with Gasteiger partial charge in [-0.25, -0.2) is 14.4 Å². The maximum atomic E-state index is 13.1. The summed E-state index contributed by atoms with van der Waals surface area (Å²) in [6.45, 7) is 9.64. The van der Waals surface area contributed by atoms with Crippen molar-refractivity contribution < 1.29 is 23.9 Å². The largest absolute Gasteiger partial charge is 0.465 e. The van der Waals surface area contributed by atoms with Crippen LogP contribution >= 0.6 is 0 Å². The van der Waals surface area contributed by atoms with Crippen LogP contribution in [0.3, 0.4) is 0 Å². The molecule has 0 radical (unpaired) electrons. The Morgan fingerprint density at radius 1 is 1.11 bits per heavy atom. The second-order valence-corrected chi connectivity index (χ2v) is 8.04. The number of carbonyl (C=O) groups excluding carboxylic acids is 3. The van der Waals surface area contributed by atoms with Gasteiger partial charge in [0.05, 0.1) is 23.9 Å². The molecular formula is C21H26N2O5. The highest BCUT2D eigenvalue weighted by Crippen LogP contribution is 2.35. The van der Waals surface area contributed by atoms with Crippen LogP contribution in [-0.2, 0) is 19.8 Å². The number of amides is 1. The molecule has 1 aromatic heterocycles. The molecule has 1 N–H and O–H groups in total. The van der Waals surface area contributed by atoms with Gasteiger partial charge in [-0.1, -0.05) is 33.8 Å². The molecule has 2 aromatic rings. The average Bonchev–Trinajstić information content (AvgIpc) is 3.14. The summed E-state index contributed by atoms with van der Waals surface area (Å²) >= 11 is 0. The molecule has 1 amide bonds. The number of benzene rings is 1. The van der Waals surface area contributed by atoms with E-state index in [0.717, 1.165) is 5.39 Å². The van der Waals surface area contributed by atoms with Crippen LogP contribution in [0, 0.1) is 11.8 Å². The molecule has 0 saturated carbocycles. The molecule has 1 aromatic carbocycles. The van der Waals surface area contributed by atoms with Crippen molar-refractivity contribution in [1.82, 2.24) is 9.88 Å². The Kier molecular flexibility index (Phi) is 4.95. The standard InChI is InChI=1S/C21H26N2O5/c1-11(2)17(12(3)4)28-19(25)21(5)16-10-13-7-8-14(18(24)27-6)9-15(13)23(16)20(26)22-21/h7-12,17H,1-6H3,(H,22,26)/t21-/m1/s1. The minimum absolute atomic E-state index is 0.151. The molecule has 0 bridgehead atoms. The number of hydrogen-bond acceptors (Lipinski definition) is 5. The number of nitrogens with one attached hydrogen (secondary N) is 1. The van der Waals surface area contributed by atoms with Crippen LogP contribution in [0.4, 0.5) is 4.79 Å². The summed E-state index contributed by atoms with van der Waals surface area (Å²) < 4.78 is 12.0. The molecule has 0 unspecified atom stereocenters. The summed E-state index contributed by atoms with van der Waals surface area (Å²) in [7, 11) is 1.30. The number of fused-ring (bicyclic) bond motifs is 3. The van der Waals surface area contributed by atoms with E-state index in [1.54, 1.807) is 31.2 Å². The van der Waals surface area contributed by atoms with Crippen LogP contribution < -0.4 is 5.32 Å². The first-order valence-electron chi connectivity index (χ1n) is 9.38. The van der Waals surface area contributed by atoms with E-state index >= 15 is 0 Å². The van der Waals surface area contributed by atoms with Gasteiger partial charge < -0.3 is 14.8 Å². The highest BCUT2D eigenvalue weighted by atomic mass is 16.5. The minimum atomic E-state index is -1.30. The Morgan fingerprint density at radius 3 is 2.32 bits per heavy atom. The van der Waals surface area contributed by atoms with Gasteiger partial charge in [-0.05, 0) is 37.0 Å². The Morgan fingerprint density at radius 2 is 1.75 bits per heavy atom. The Balaban J connectivity index is 2.04. The zero-order valence-corrected chi connectivity index (χ0v) is 17.0. The number of nitrogens with zero attached hydrogens (tertiary/aromatic N) is 1. The molecule has 1 aliphatic heterocycles. The molecule has 1 aliphatic rings. The van der Waals surface area contributed by atoms with Crippen molar-refractivity contribution >= 4 is 28.9 Å². The summed E-state index contributed by atoms with van der Waals surface area (Å²) in [5.74, 6) is -0.686. The van der Waals surface area contributed by atoms with Gasteiger partial charge in [0.15, 0.2) is 5.54 Å². The third kappa shape index (κ3) is 3.04. The van der Waals surface area contributed by atoms with Gasteiger partial charge in [0.25, 0.3) is 0 Å². The molecule has 7 nitrogen and oxygen atoms in total. The van der Waals surface area contributed by atoms with E-state index in [4.69, 9.17) is 9.47 Å². The van der Waals surface area contributed by atoms with Crippen LogP contribution in [0.15, 0.2) is 24.3 Å². The number of hydrogen-bond donors (Lipinski definition) is 1. The van der Waals surface area contributed by atoms with Gasteiger partial charge in [-0.2, -0.15) is 0 Å². The molecular weight excluding hydrogens is 360 g/mol. The monoisotopic (exact) mass is 386 g/mol. The van der Waals surface area contributed by atoms with Crippen LogP contribution in [0.25, 0.3) is 10.9 Å². The van der Waals surface area contributed by atoms with E-state index in [-0.39, 0.29) is 17.9 Å². The van der Waals surface area contributed by atoms with E-state index in [9.17, 15) is 14.4 Å². The van der Waals surface area contributed by atoms with Crippen molar-refractivity contribution in [2.45, 2.75) is 46.3 Å². The van der Waals surface area contributed by atoms with Gasteiger partial charge in [0.2, 0.25) is 0 Å². The second kappa shape index (κ2) is 6.96. The number of rotatable bonds is 5. The maximum absolute atomic E-state index is 13.1. The van der Waals surface area contributed by atoms with Crippen molar-refractivity contribution in [2.24, 2.45) is 11.8 Å². The van der Waals surface area contributed by atoms with Crippen molar-refractivity contribution in [3.05, 3.63) is 35.5 Å². The Labute approximate surface area is 164 Å². The molecule has 1 atom stereocenters. The summed E-state index contributed by atoms with van der Waals surface area (Å²) in [4.78, 5) is 37.6. The van der Waals surface area contributed by atoms with Gasteiger partial charge in [0, 0.05) is 5.39 Å². The van der Waals surface area contributed by atoms with Crippen LogP contribution in [0.1, 0.15) is 50.7 Å². The first-order valence-corrected chi connectivity index (χ1v) is 9.38. The SMILES string of the molecule is COC(=O)c1ccc2cc3n(c2c1)C(=O)N[C@@]3(C)C(=O)OC(C(C)C)C(C)C. The molecule has 2 heterocycles. The predicted octanol–water partition coefficient (Wildman–Crippen LogP) is 3.44. The van der Waals surface area contributed by atoms with Crippen molar-refractivity contribution in [3.63, 3.8) is 0 Å². The van der Waals surface area contributed by atoms with Crippen LogP contribution in [-0.4, -0.2) is 35.8 Å². The molecule has 0 saturated heterocycles. The second-order valence-electron chi connectivity index (χ2n) is 8.04. The third-order valence-corrected chi connectivity index (χ3v) is 5.26. The first kappa shape index (κ1) is 19.9. The number of carbonyl (C=O) groups is 3. The number of methoxy groups -OCH3 is 1. The van der Waals surface area contributed by atoms with E-state index < -0.39 is 23.5 Å². The smallest absolute Gasteiger partial charge is 0.338 e. The lowest BCUT2D eigenvalue weighted by Gasteiger charge is -2.29. The number of esters is 2. The lowest BCUT2D eigenvalue weighted by Crippen LogP contribution is -2.47. The van der Waals surface area contributed by atoms with Gasteiger partial charge >= 0.3 is 18.0 Å². The summed E-state index contributed by atoms with van der Waals surface area (Å²) in [5, 5.41) is 3.50. The molecule has 3 rings (SSSR count).